The van der Waals surface area contributed by atoms with Crippen LogP contribution in [-0.2, 0) is 11.3 Å². The zero-order valence-corrected chi connectivity index (χ0v) is 20.2. The summed E-state index contributed by atoms with van der Waals surface area (Å²) in [5.74, 6) is -0.689. The number of aryl methyl sites for hydroxylation is 1. The summed E-state index contributed by atoms with van der Waals surface area (Å²) in [4.78, 5) is 43.3. The van der Waals surface area contributed by atoms with Crippen LogP contribution in [0.25, 0.3) is 6.08 Å². The second-order valence-corrected chi connectivity index (χ2v) is 9.07. The van der Waals surface area contributed by atoms with Gasteiger partial charge in [-0.3, -0.25) is 28.9 Å². The van der Waals surface area contributed by atoms with E-state index < -0.39 is 0 Å². The van der Waals surface area contributed by atoms with Crippen molar-refractivity contribution in [1.82, 2.24) is 25.0 Å². The van der Waals surface area contributed by atoms with Crippen LogP contribution in [0.15, 0.2) is 53.7 Å². The van der Waals surface area contributed by atoms with Crippen molar-refractivity contribution in [2.24, 2.45) is 0 Å². The number of pyridine rings is 1. The number of amides is 3. The molecule has 0 bridgehead atoms. The smallest absolute Gasteiger partial charge is 0.293 e. The van der Waals surface area contributed by atoms with Crippen molar-refractivity contribution < 1.29 is 14.4 Å². The standard InChI is InChI=1S/C24H22ClN5O3S/c1-15-21(16(2)30(28-15)14-18-7-3-4-8-19(18)25)22(31)27-10-11-29-23(32)20(34-24(29)33)12-17-6-5-9-26-13-17/h3-9,12-13H,10-11,14H2,1-2H3,(H,27,31)/b20-12-. The monoisotopic (exact) mass is 495 g/mol. The molecule has 2 aromatic heterocycles. The number of carbonyl (C=O) groups is 3. The first-order chi connectivity index (χ1) is 16.3. The lowest BCUT2D eigenvalue weighted by Gasteiger charge is -2.13. The average Bonchev–Trinajstić information content (AvgIpc) is 3.24. The molecular weight excluding hydrogens is 474 g/mol. The van der Waals surface area contributed by atoms with E-state index >= 15 is 0 Å². The second-order valence-electron chi connectivity index (χ2n) is 7.67. The van der Waals surface area contributed by atoms with Gasteiger partial charge in [-0.15, -0.1) is 0 Å². The van der Waals surface area contributed by atoms with Gasteiger partial charge in [0.2, 0.25) is 0 Å². The van der Waals surface area contributed by atoms with Gasteiger partial charge in [0.25, 0.3) is 17.1 Å². The molecule has 1 aromatic carbocycles. The molecule has 10 heteroatoms. The molecule has 3 amide bonds. The third-order valence-electron chi connectivity index (χ3n) is 5.36. The fourth-order valence-electron chi connectivity index (χ4n) is 3.64. The number of hydrogen-bond acceptors (Lipinski definition) is 6. The van der Waals surface area contributed by atoms with E-state index in [4.69, 9.17) is 11.6 Å². The van der Waals surface area contributed by atoms with Crippen molar-refractivity contribution in [3.63, 3.8) is 0 Å². The van der Waals surface area contributed by atoms with Crippen molar-refractivity contribution in [2.75, 3.05) is 13.1 Å². The molecule has 0 atom stereocenters. The largest absolute Gasteiger partial charge is 0.350 e. The molecular formula is C24H22ClN5O3S. The minimum absolute atomic E-state index is 0.0760. The van der Waals surface area contributed by atoms with Gasteiger partial charge < -0.3 is 5.32 Å². The summed E-state index contributed by atoms with van der Waals surface area (Å²) in [5, 5.41) is 7.56. The molecule has 0 radical (unpaired) electrons. The number of carbonyl (C=O) groups excluding carboxylic acids is 3. The lowest BCUT2D eigenvalue weighted by Crippen LogP contribution is -2.37. The zero-order chi connectivity index (χ0) is 24.2. The Morgan fingerprint density at radius 2 is 1.97 bits per heavy atom. The predicted molar refractivity (Wildman–Crippen MR) is 132 cm³/mol. The van der Waals surface area contributed by atoms with Crippen LogP contribution < -0.4 is 5.32 Å². The molecule has 0 unspecified atom stereocenters. The van der Waals surface area contributed by atoms with Gasteiger partial charge in [0, 0.05) is 36.2 Å². The Hall–Kier alpha value is -3.43. The first kappa shape index (κ1) is 23.7. The summed E-state index contributed by atoms with van der Waals surface area (Å²) >= 11 is 7.13. The Kier molecular flexibility index (Phi) is 7.14. The Labute approximate surface area is 206 Å². The molecule has 174 valence electrons. The Morgan fingerprint density at radius 1 is 1.18 bits per heavy atom. The summed E-state index contributed by atoms with van der Waals surface area (Å²) in [7, 11) is 0. The van der Waals surface area contributed by atoms with Crippen LogP contribution in [0.1, 0.15) is 32.9 Å². The van der Waals surface area contributed by atoms with Crippen LogP contribution in [0.5, 0.6) is 0 Å². The lowest BCUT2D eigenvalue weighted by atomic mass is 10.1. The number of aromatic nitrogens is 3. The molecule has 1 aliphatic rings. The number of halogens is 1. The molecule has 3 aromatic rings. The first-order valence-electron chi connectivity index (χ1n) is 10.6. The van der Waals surface area contributed by atoms with E-state index in [1.54, 1.807) is 42.2 Å². The zero-order valence-electron chi connectivity index (χ0n) is 18.6. The van der Waals surface area contributed by atoms with Crippen LogP contribution in [0, 0.1) is 13.8 Å². The van der Waals surface area contributed by atoms with Gasteiger partial charge in [-0.25, -0.2) is 0 Å². The Balaban J connectivity index is 1.38. The highest BCUT2D eigenvalue weighted by Gasteiger charge is 2.34. The summed E-state index contributed by atoms with van der Waals surface area (Å²) in [6, 6.07) is 11.0. The SMILES string of the molecule is Cc1nn(Cc2ccccc2Cl)c(C)c1C(=O)NCCN1C(=O)S/C(=C\c2cccnc2)C1=O. The fraction of sp³-hybridized carbons (Fsp3) is 0.208. The molecule has 1 aliphatic heterocycles. The number of imide groups is 1. The third-order valence-corrected chi connectivity index (χ3v) is 6.64. The minimum Gasteiger partial charge on any atom is -0.350 e. The molecule has 8 nitrogen and oxygen atoms in total. The van der Waals surface area contributed by atoms with Crippen molar-refractivity contribution >= 4 is 46.5 Å². The van der Waals surface area contributed by atoms with Crippen molar-refractivity contribution in [3.05, 3.63) is 86.8 Å². The van der Waals surface area contributed by atoms with Crippen molar-refractivity contribution in [3.8, 4) is 0 Å². The molecule has 1 saturated heterocycles. The summed E-state index contributed by atoms with van der Waals surface area (Å²) in [6.45, 7) is 4.24. The summed E-state index contributed by atoms with van der Waals surface area (Å²) < 4.78 is 1.74. The summed E-state index contributed by atoms with van der Waals surface area (Å²) in [5.41, 5.74) is 3.41. The maximum absolute atomic E-state index is 12.9. The first-order valence-corrected chi connectivity index (χ1v) is 11.8. The van der Waals surface area contributed by atoms with E-state index in [1.165, 1.54) is 0 Å². The fourth-order valence-corrected chi connectivity index (χ4v) is 4.70. The molecule has 0 saturated carbocycles. The van der Waals surface area contributed by atoms with Crippen LogP contribution in [0.4, 0.5) is 4.79 Å². The van der Waals surface area contributed by atoms with Crippen LogP contribution in [0.3, 0.4) is 0 Å². The lowest BCUT2D eigenvalue weighted by molar-refractivity contribution is -0.122. The molecule has 1 fully saturated rings. The maximum Gasteiger partial charge on any atom is 0.293 e. The van der Waals surface area contributed by atoms with Gasteiger partial charge in [-0.2, -0.15) is 5.10 Å². The number of hydrogen-bond donors (Lipinski definition) is 1. The highest BCUT2D eigenvalue weighted by molar-refractivity contribution is 8.18. The van der Waals surface area contributed by atoms with E-state index in [-0.39, 0.29) is 30.1 Å². The topological polar surface area (TPSA) is 97.2 Å². The van der Waals surface area contributed by atoms with Gasteiger partial charge in [0.1, 0.15) is 0 Å². The van der Waals surface area contributed by atoms with Gasteiger partial charge in [-0.1, -0.05) is 35.9 Å². The molecule has 4 rings (SSSR count). The number of rotatable bonds is 7. The van der Waals surface area contributed by atoms with Crippen LogP contribution in [-0.4, -0.2) is 49.8 Å². The average molecular weight is 496 g/mol. The number of benzene rings is 1. The molecule has 3 heterocycles. The third kappa shape index (κ3) is 5.05. The van der Waals surface area contributed by atoms with Gasteiger partial charge in [-0.05, 0) is 54.9 Å². The van der Waals surface area contributed by atoms with E-state index in [0.717, 1.165) is 27.8 Å². The quantitative estimate of drug-likeness (QED) is 0.496. The molecule has 1 N–H and O–H groups in total. The molecule has 0 aliphatic carbocycles. The summed E-state index contributed by atoms with van der Waals surface area (Å²) in [6.07, 6.45) is 4.89. The van der Waals surface area contributed by atoms with Gasteiger partial charge in [0.15, 0.2) is 0 Å². The molecule has 34 heavy (non-hydrogen) atoms. The normalized spacial score (nSPS) is 14.8. The van der Waals surface area contributed by atoms with Crippen molar-refractivity contribution in [2.45, 2.75) is 20.4 Å². The Bertz CT molecular complexity index is 1290. The molecule has 0 spiro atoms. The number of thioether (sulfide) groups is 1. The minimum atomic E-state index is -0.381. The van der Waals surface area contributed by atoms with Crippen LogP contribution >= 0.6 is 23.4 Å². The van der Waals surface area contributed by atoms with Gasteiger partial charge in [0.05, 0.1) is 22.7 Å². The van der Waals surface area contributed by atoms with E-state index in [2.05, 4.69) is 15.4 Å². The Morgan fingerprint density at radius 3 is 2.71 bits per heavy atom. The highest BCUT2D eigenvalue weighted by atomic mass is 35.5. The van der Waals surface area contributed by atoms with E-state index in [0.29, 0.717) is 33.4 Å². The second kappa shape index (κ2) is 10.2. The number of nitrogens with one attached hydrogen (secondary N) is 1. The van der Waals surface area contributed by atoms with Crippen LogP contribution in [0.2, 0.25) is 5.02 Å². The van der Waals surface area contributed by atoms with E-state index in [9.17, 15) is 14.4 Å². The predicted octanol–water partition coefficient (Wildman–Crippen LogP) is 4.06. The number of nitrogens with zero attached hydrogens (tertiary/aromatic N) is 4. The van der Waals surface area contributed by atoms with Crippen molar-refractivity contribution in [1.29, 1.82) is 0 Å². The highest BCUT2D eigenvalue weighted by Crippen LogP contribution is 2.31. The van der Waals surface area contributed by atoms with Gasteiger partial charge >= 0.3 is 0 Å². The maximum atomic E-state index is 12.9. The van der Waals surface area contributed by atoms with E-state index in [1.807, 2.05) is 31.2 Å².